The maximum atomic E-state index is 13.1. The molecule has 11 atom stereocenters. The van der Waals surface area contributed by atoms with Crippen LogP contribution in [0, 0.1) is 23.7 Å². The molecule has 0 aromatic carbocycles. The maximum absolute atomic E-state index is 13.1. The van der Waals surface area contributed by atoms with Gasteiger partial charge < -0.3 is 24.1 Å². The Bertz CT molecular complexity index is 996. The van der Waals surface area contributed by atoms with Crippen molar-refractivity contribution in [3.8, 4) is 0 Å². The maximum Gasteiger partial charge on any atom is 0.306 e. The van der Waals surface area contributed by atoms with Crippen LogP contribution in [0.3, 0.4) is 0 Å². The van der Waals surface area contributed by atoms with Gasteiger partial charge in [-0.25, -0.2) is 0 Å². The van der Waals surface area contributed by atoms with Gasteiger partial charge in [-0.2, -0.15) is 0 Å². The van der Waals surface area contributed by atoms with Gasteiger partial charge in [-0.15, -0.1) is 0 Å². The van der Waals surface area contributed by atoms with E-state index in [-0.39, 0.29) is 30.6 Å². The van der Waals surface area contributed by atoms with Crippen LogP contribution in [0.25, 0.3) is 0 Å². The molecular formula is C31H52O9S. The molecule has 3 fully saturated rings. The second kappa shape index (κ2) is 13.0. The first kappa shape index (κ1) is 34.0. The third kappa shape index (κ3) is 6.85. The molecule has 2 aliphatic heterocycles. The lowest BCUT2D eigenvalue weighted by atomic mass is 9.55. The molecule has 0 spiro atoms. The minimum absolute atomic E-state index is 0.0637. The van der Waals surface area contributed by atoms with Gasteiger partial charge in [0.2, 0.25) is 0 Å². The minimum Gasteiger partial charge on any atom is -0.458 e. The number of aliphatic hydroxyl groups is 1. The Morgan fingerprint density at radius 2 is 1.63 bits per heavy atom. The lowest BCUT2D eigenvalue weighted by Gasteiger charge is -2.55. The predicted octanol–water partition coefficient (Wildman–Crippen LogP) is 4.48. The van der Waals surface area contributed by atoms with Crippen LogP contribution in [0.1, 0.15) is 107 Å². The number of ether oxygens (including phenoxy) is 4. The number of hydrogen-bond donors (Lipinski definition) is 1. The van der Waals surface area contributed by atoms with Crippen molar-refractivity contribution < 1.29 is 42.6 Å². The van der Waals surface area contributed by atoms with Gasteiger partial charge in [-0.05, 0) is 65.2 Å². The van der Waals surface area contributed by atoms with E-state index in [1.807, 2.05) is 41.5 Å². The lowest BCUT2D eigenvalue weighted by molar-refractivity contribution is -0.241. The molecule has 236 valence electrons. The van der Waals surface area contributed by atoms with E-state index in [9.17, 15) is 23.7 Å². The number of carbonyl (C=O) groups is 3. The summed E-state index contributed by atoms with van der Waals surface area (Å²) in [6, 6.07) is 0. The van der Waals surface area contributed by atoms with E-state index in [1.165, 1.54) is 6.92 Å². The van der Waals surface area contributed by atoms with Crippen LogP contribution in [0.2, 0.25) is 0 Å². The van der Waals surface area contributed by atoms with Crippen molar-refractivity contribution >= 4 is 28.7 Å². The summed E-state index contributed by atoms with van der Waals surface area (Å²) >= 11 is 0. The average Bonchev–Trinajstić information content (AvgIpc) is 3.22. The molecule has 3 rings (SSSR count). The number of hydrogen-bond acceptors (Lipinski definition) is 9. The van der Waals surface area contributed by atoms with Crippen LogP contribution in [-0.2, 0) is 44.1 Å². The molecular weight excluding hydrogens is 548 g/mol. The van der Waals surface area contributed by atoms with Crippen molar-refractivity contribution in [3.05, 3.63) is 0 Å². The minimum atomic E-state index is -1.65. The standard InChI is InChI=1S/C31H52O9S/c1-10-13-21(33)39-26-23(18(3)4)24-25(31(8,35)28(26)37-19(5)32)20-17-29(6,41(9)36)15-12-16-30(7,27(24)38-20)40-22(34)14-11-2/h18,20,23-28,35H,10-17H2,1-9H3/t20-,23-,24-,25-,26+,27-,28-,29-,30-,31+,41?/m1/s1. The Morgan fingerprint density at radius 1 is 1.02 bits per heavy atom. The van der Waals surface area contributed by atoms with Crippen LogP contribution in [-0.4, -0.2) is 73.8 Å². The van der Waals surface area contributed by atoms with E-state index in [4.69, 9.17) is 18.9 Å². The highest BCUT2D eigenvalue weighted by Crippen LogP contribution is 2.59. The molecule has 0 radical (unpaired) electrons. The summed E-state index contributed by atoms with van der Waals surface area (Å²) in [5, 5.41) is 12.4. The van der Waals surface area contributed by atoms with E-state index in [1.54, 1.807) is 13.2 Å². The zero-order chi connectivity index (χ0) is 30.9. The third-order valence-electron chi connectivity index (χ3n) is 9.75. The largest absolute Gasteiger partial charge is 0.458 e. The van der Waals surface area contributed by atoms with Gasteiger partial charge in [0.05, 0.1) is 6.10 Å². The molecule has 3 aliphatic rings. The zero-order valence-electron chi connectivity index (χ0n) is 26.4. The second-order valence-corrected chi connectivity index (χ2v) is 15.4. The van der Waals surface area contributed by atoms with Gasteiger partial charge in [-0.1, -0.05) is 27.7 Å². The zero-order valence-corrected chi connectivity index (χ0v) is 27.2. The number of rotatable bonds is 9. The van der Waals surface area contributed by atoms with Crippen LogP contribution < -0.4 is 0 Å². The van der Waals surface area contributed by atoms with Crippen LogP contribution >= 0.6 is 0 Å². The highest BCUT2D eigenvalue weighted by Gasteiger charge is 2.70. The predicted molar refractivity (Wildman–Crippen MR) is 155 cm³/mol. The quantitative estimate of drug-likeness (QED) is 0.301. The first-order valence-corrected chi connectivity index (χ1v) is 16.9. The summed E-state index contributed by atoms with van der Waals surface area (Å²) in [5.41, 5.74) is -2.68. The molecule has 1 saturated carbocycles. The SMILES string of the molecule is CCCC(=O)O[C@H]1[C@H](C(C)C)[C@@H]2[C@@H]([C@H]3C[C@](C)(S(C)=O)CCC[C@@](C)(OC(=O)CCC)[C@@H]2O3)[C@](C)(O)[C@@H]1OC(C)=O. The first-order valence-electron chi connectivity index (χ1n) is 15.3. The Morgan fingerprint density at radius 3 is 2.17 bits per heavy atom. The van der Waals surface area contributed by atoms with Gasteiger partial charge >= 0.3 is 17.9 Å². The van der Waals surface area contributed by atoms with Crippen molar-refractivity contribution in [2.75, 3.05) is 6.26 Å². The van der Waals surface area contributed by atoms with Crippen molar-refractivity contribution in [2.24, 2.45) is 23.7 Å². The van der Waals surface area contributed by atoms with E-state index in [0.717, 1.165) is 0 Å². The Hall–Kier alpha value is -1.52. The van der Waals surface area contributed by atoms with Gasteiger partial charge in [0.25, 0.3) is 0 Å². The fourth-order valence-electron chi connectivity index (χ4n) is 7.79. The summed E-state index contributed by atoms with van der Waals surface area (Å²) < 4.78 is 37.5. The van der Waals surface area contributed by atoms with Gasteiger partial charge in [-0.3, -0.25) is 18.6 Å². The first-order chi connectivity index (χ1) is 19.0. The molecule has 0 aromatic heterocycles. The summed E-state index contributed by atoms with van der Waals surface area (Å²) in [6.45, 7) is 14.6. The van der Waals surface area contributed by atoms with E-state index in [0.29, 0.717) is 38.5 Å². The average molecular weight is 601 g/mol. The summed E-state index contributed by atoms with van der Waals surface area (Å²) in [4.78, 5) is 38.3. The highest BCUT2D eigenvalue weighted by molar-refractivity contribution is 7.85. The molecule has 1 N–H and O–H groups in total. The Balaban J connectivity index is 2.25. The normalized spacial score (nSPS) is 41.4. The Kier molecular flexibility index (Phi) is 10.8. The fourth-order valence-corrected chi connectivity index (χ4v) is 8.62. The monoisotopic (exact) mass is 600 g/mol. The number of esters is 3. The highest BCUT2D eigenvalue weighted by atomic mass is 32.2. The van der Waals surface area contributed by atoms with Crippen molar-refractivity contribution in [1.29, 1.82) is 0 Å². The van der Waals surface area contributed by atoms with E-state index >= 15 is 0 Å². The molecule has 9 nitrogen and oxygen atoms in total. The van der Waals surface area contributed by atoms with Gasteiger partial charge in [0, 0.05) is 59.3 Å². The molecule has 0 amide bonds. The van der Waals surface area contributed by atoms with Crippen LogP contribution in [0.15, 0.2) is 0 Å². The van der Waals surface area contributed by atoms with Crippen molar-refractivity contribution in [3.63, 3.8) is 0 Å². The van der Waals surface area contributed by atoms with Gasteiger partial charge in [0.15, 0.2) is 6.10 Å². The van der Waals surface area contributed by atoms with E-state index < -0.39 is 74.9 Å². The second-order valence-electron chi connectivity index (χ2n) is 13.5. The molecule has 41 heavy (non-hydrogen) atoms. The van der Waals surface area contributed by atoms with Gasteiger partial charge in [0.1, 0.15) is 23.4 Å². The number of fused-ring (bicyclic) bond motifs is 5. The molecule has 2 saturated heterocycles. The van der Waals surface area contributed by atoms with Crippen LogP contribution in [0.4, 0.5) is 0 Å². The lowest BCUT2D eigenvalue weighted by Crippen LogP contribution is -2.68. The smallest absolute Gasteiger partial charge is 0.306 e. The fraction of sp³-hybridized carbons (Fsp3) is 0.903. The topological polar surface area (TPSA) is 125 Å². The molecule has 2 heterocycles. The Labute approximate surface area is 248 Å². The molecule has 1 aliphatic carbocycles. The molecule has 10 heteroatoms. The summed E-state index contributed by atoms with van der Waals surface area (Å²) in [6.07, 6.45) is 2.41. The van der Waals surface area contributed by atoms with E-state index in [2.05, 4.69) is 0 Å². The number of carbonyl (C=O) groups excluding carboxylic acids is 3. The van der Waals surface area contributed by atoms with Crippen molar-refractivity contribution in [2.45, 2.75) is 147 Å². The summed E-state index contributed by atoms with van der Waals surface area (Å²) in [5.74, 6) is -2.71. The molecule has 2 bridgehead atoms. The van der Waals surface area contributed by atoms with Crippen molar-refractivity contribution in [1.82, 2.24) is 0 Å². The summed E-state index contributed by atoms with van der Waals surface area (Å²) in [7, 11) is -1.20. The van der Waals surface area contributed by atoms with Crippen LogP contribution in [0.5, 0.6) is 0 Å². The third-order valence-corrected chi connectivity index (χ3v) is 11.5. The molecule has 1 unspecified atom stereocenters. The molecule has 0 aromatic rings.